The van der Waals surface area contributed by atoms with Gasteiger partial charge in [0, 0.05) is 11.6 Å². The standard InChI is InChI=1S/C16H14N4O2/c1-12-5-7-13(8-6-12)16(21)10-22-15-4-2-3-14(9-15)20-11-17-18-19-20/h2-9,11H,10H2,1H3. The van der Waals surface area contributed by atoms with Gasteiger partial charge in [0.25, 0.3) is 0 Å². The van der Waals surface area contributed by atoms with Crippen LogP contribution in [0.5, 0.6) is 5.75 Å². The largest absolute Gasteiger partial charge is 0.485 e. The number of aryl methyl sites for hydroxylation is 1. The molecule has 0 spiro atoms. The molecule has 0 bridgehead atoms. The summed E-state index contributed by atoms with van der Waals surface area (Å²) in [7, 11) is 0. The number of rotatable bonds is 5. The van der Waals surface area contributed by atoms with Crippen molar-refractivity contribution in [3.8, 4) is 11.4 Å². The molecule has 22 heavy (non-hydrogen) atoms. The van der Waals surface area contributed by atoms with E-state index in [9.17, 15) is 4.79 Å². The van der Waals surface area contributed by atoms with Gasteiger partial charge in [0.05, 0.1) is 5.69 Å². The van der Waals surface area contributed by atoms with Crippen LogP contribution in [0.15, 0.2) is 54.9 Å². The first-order valence-corrected chi connectivity index (χ1v) is 6.78. The van der Waals surface area contributed by atoms with Crippen molar-refractivity contribution in [2.24, 2.45) is 0 Å². The predicted octanol–water partition coefficient (Wildman–Crippen LogP) is 2.23. The fourth-order valence-corrected chi connectivity index (χ4v) is 1.97. The van der Waals surface area contributed by atoms with Crippen LogP contribution in [0.1, 0.15) is 15.9 Å². The highest BCUT2D eigenvalue weighted by molar-refractivity contribution is 5.97. The molecule has 0 atom stereocenters. The maximum Gasteiger partial charge on any atom is 0.200 e. The molecule has 0 saturated carbocycles. The molecule has 110 valence electrons. The molecule has 0 N–H and O–H groups in total. The quantitative estimate of drug-likeness (QED) is 0.675. The highest BCUT2D eigenvalue weighted by Gasteiger charge is 2.07. The number of ether oxygens (including phenoxy) is 1. The van der Waals surface area contributed by atoms with Crippen LogP contribution >= 0.6 is 0 Å². The second kappa shape index (κ2) is 6.17. The normalized spacial score (nSPS) is 10.4. The molecule has 0 amide bonds. The van der Waals surface area contributed by atoms with Crippen LogP contribution in [-0.2, 0) is 0 Å². The van der Waals surface area contributed by atoms with E-state index in [0.29, 0.717) is 11.3 Å². The van der Waals surface area contributed by atoms with Crippen molar-refractivity contribution in [3.63, 3.8) is 0 Å². The zero-order chi connectivity index (χ0) is 15.4. The van der Waals surface area contributed by atoms with Crippen molar-refractivity contribution in [2.75, 3.05) is 6.61 Å². The first-order chi connectivity index (χ1) is 10.7. The smallest absolute Gasteiger partial charge is 0.200 e. The van der Waals surface area contributed by atoms with E-state index < -0.39 is 0 Å². The first-order valence-electron chi connectivity index (χ1n) is 6.78. The molecule has 6 nitrogen and oxygen atoms in total. The highest BCUT2D eigenvalue weighted by Crippen LogP contribution is 2.16. The molecule has 3 rings (SSSR count). The van der Waals surface area contributed by atoms with Crippen molar-refractivity contribution in [2.45, 2.75) is 6.92 Å². The third-order valence-corrected chi connectivity index (χ3v) is 3.17. The van der Waals surface area contributed by atoms with Crippen molar-refractivity contribution in [1.82, 2.24) is 20.2 Å². The molecule has 0 radical (unpaired) electrons. The molecule has 3 aromatic rings. The van der Waals surface area contributed by atoms with E-state index in [1.54, 1.807) is 24.3 Å². The molecule has 0 aliphatic carbocycles. The Morgan fingerprint density at radius 2 is 2.00 bits per heavy atom. The van der Waals surface area contributed by atoms with Gasteiger partial charge >= 0.3 is 0 Å². The molecule has 6 heteroatoms. The Bertz CT molecular complexity index is 767. The Balaban J connectivity index is 1.67. The van der Waals surface area contributed by atoms with Crippen LogP contribution in [0.2, 0.25) is 0 Å². The minimum Gasteiger partial charge on any atom is -0.485 e. The third-order valence-electron chi connectivity index (χ3n) is 3.17. The van der Waals surface area contributed by atoms with Gasteiger partial charge in [0.15, 0.2) is 12.4 Å². The second-order valence-electron chi connectivity index (χ2n) is 4.83. The van der Waals surface area contributed by atoms with Crippen LogP contribution in [0.4, 0.5) is 0 Å². The Labute approximate surface area is 127 Å². The molecule has 1 aromatic heterocycles. The number of aromatic nitrogens is 4. The Morgan fingerprint density at radius 1 is 1.18 bits per heavy atom. The van der Waals surface area contributed by atoms with Crippen molar-refractivity contribution in [3.05, 3.63) is 66.0 Å². The summed E-state index contributed by atoms with van der Waals surface area (Å²) in [5.41, 5.74) is 2.53. The number of Topliss-reactive ketones (excluding diaryl/α,β-unsaturated/α-hetero) is 1. The van der Waals surface area contributed by atoms with Gasteiger partial charge in [-0.2, -0.15) is 0 Å². The number of tetrazole rings is 1. The number of carbonyl (C=O) groups is 1. The predicted molar refractivity (Wildman–Crippen MR) is 80.2 cm³/mol. The zero-order valence-electron chi connectivity index (χ0n) is 12.0. The topological polar surface area (TPSA) is 69.9 Å². The number of hydrogen-bond donors (Lipinski definition) is 0. The summed E-state index contributed by atoms with van der Waals surface area (Å²) in [6.45, 7) is 1.97. The fourth-order valence-electron chi connectivity index (χ4n) is 1.97. The molecule has 1 heterocycles. The van der Waals surface area contributed by atoms with Crippen LogP contribution in [0.3, 0.4) is 0 Å². The number of benzene rings is 2. The van der Waals surface area contributed by atoms with Crippen LogP contribution in [0.25, 0.3) is 5.69 Å². The van der Waals surface area contributed by atoms with Gasteiger partial charge in [-0.3, -0.25) is 4.79 Å². The van der Waals surface area contributed by atoms with E-state index in [1.807, 2.05) is 31.2 Å². The van der Waals surface area contributed by atoms with E-state index in [0.717, 1.165) is 11.3 Å². The lowest BCUT2D eigenvalue weighted by Gasteiger charge is -2.07. The molecule has 0 aliphatic rings. The van der Waals surface area contributed by atoms with Gasteiger partial charge in [-0.1, -0.05) is 35.9 Å². The Morgan fingerprint density at radius 3 is 2.73 bits per heavy atom. The van der Waals surface area contributed by atoms with Crippen molar-refractivity contribution < 1.29 is 9.53 Å². The lowest BCUT2D eigenvalue weighted by atomic mass is 10.1. The maximum absolute atomic E-state index is 12.1. The van der Waals surface area contributed by atoms with Crippen LogP contribution in [-0.4, -0.2) is 32.6 Å². The van der Waals surface area contributed by atoms with Crippen molar-refractivity contribution in [1.29, 1.82) is 0 Å². The number of nitrogens with zero attached hydrogens (tertiary/aromatic N) is 4. The fraction of sp³-hybridized carbons (Fsp3) is 0.125. The summed E-state index contributed by atoms with van der Waals surface area (Å²) < 4.78 is 7.08. The van der Waals surface area contributed by atoms with Gasteiger partial charge in [0.2, 0.25) is 0 Å². The zero-order valence-corrected chi connectivity index (χ0v) is 12.0. The van der Waals surface area contributed by atoms with E-state index >= 15 is 0 Å². The van der Waals surface area contributed by atoms with E-state index in [2.05, 4.69) is 15.5 Å². The molecule has 0 saturated heterocycles. The molecule has 0 fully saturated rings. The van der Waals surface area contributed by atoms with Crippen LogP contribution in [0, 0.1) is 6.92 Å². The third kappa shape index (κ3) is 3.17. The molecule has 0 aliphatic heterocycles. The first kappa shape index (κ1) is 13.9. The summed E-state index contributed by atoms with van der Waals surface area (Å²) in [6.07, 6.45) is 1.50. The van der Waals surface area contributed by atoms with Gasteiger partial charge in [-0.05, 0) is 29.5 Å². The monoisotopic (exact) mass is 294 g/mol. The summed E-state index contributed by atoms with van der Waals surface area (Å²) in [5.74, 6) is 0.529. The SMILES string of the molecule is Cc1ccc(C(=O)COc2cccc(-n3cnnn3)c2)cc1. The average Bonchev–Trinajstić information content (AvgIpc) is 3.08. The maximum atomic E-state index is 12.1. The van der Waals surface area contributed by atoms with Gasteiger partial charge in [0.1, 0.15) is 12.1 Å². The lowest BCUT2D eigenvalue weighted by Crippen LogP contribution is -2.11. The highest BCUT2D eigenvalue weighted by atomic mass is 16.5. The average molecular weight is 294 g/mol. The van der Waals surface area contributed by atoms with Gasteiger partial charge < -0.3 is 4.74 Å². The molecular formula is C16H14N4O2. The van der Waals surface area contributed by atoms with Crippen LogP contribution < -0.4 is 4.74 Å². The molecule has 0 unspecified atom stereocenters. The number of ketones is 1. The van der Waals surface area contributed by atoms with E-state index in [1.165, 1.54) is 11.0 Å². The summed E-state index contributed by atoms with van der Waals surface area (Å²) in [6, 6.07) is 14.7. The summed E-state index contributed by atoms with van der Waals surface area (Å²) >= 11 is 0. The lowest BCUT2D eigenvalue weighted by molar-refractivity contribution is 0.0921. The minimum atomic E-state index is -0.0622. The second-order valence-corrected chi connectivity index (χ2v) is 4.83. The van der Waals surface area contributed by atoms with Gasteiger partial charge in [-0.25, -0.2) is 4.68 Å². The number of carbonyl (C=O) groups excluding carboxylic acids is 1. The Kier molecular flexibility index (Phi) is 3.91. The van der Waals surface area contributed by atoms with E-state index in [4.69, 9.17) is 4.74 Å². The molecule has 2 aromatic carbocycles. The van der Waals surface area contributed by atoms with E-state index in [-0.39, 0.29) is 12.4 Å². The number of hydrogen-bond acceptors (Lipinski definition) is 5. The van der Waals surface area contributed by atoms with Gasteiger partial charge in [-0.15, -0.1) is 5.10 Å². The Hall–Kier alpha value is -3.02. The van der Waals surface area contributed by atoms with Crippen molar-refractivity contribution >= 4 is 5.78 Å². The summed E-state index contributed by atoms with van der Waals surface area (Å²) in [4.78, 5) is 12.1. The summed E-state index contributed by atoms with van der Waals surface area (Å²) in [5, 5.41) is 11.0. The molecular weight excluding hydrogens is 280 g/mol. The minimum absolute atomic E-state index is 0.0118.